The van der Waals surface area contributed by atoms with Crippen molar-refractivity contribution < 1.29 is 4.79 Å². The highest BCUT2D eigenvalue weighted by Crippen LogP contribution is 2.13. The van der Waals surface area contributed by atoms with E-state index >= 15 is 0 Å². The standard InChI is InChI=1S/C14H19N5O/c1-2-12-15-7-9-19(12)8-5-11-17-10-4-3-6-16-14(20)13(10)18-11/h7,9H,2-6,8H2,1H3,(H,16,20)(H,17,18). The average Bonchev–Trinajstić information content (AvgIpc) is 3.04. The molecule has 0 bridgehead atoms. The zero-order chi connectivity index (χ0) is 13.9. The quantitative estimate of drug-likeness (QED) is 0.875. The Morgan fingerprint density at radius 1 is 1.45 bits per heavy atom. The number of hydrogen-bond donors (Lipinski definition) is 2. The number of fused-ring (bicyclic) bond motifs is 1. The lowest BCUT2D eigenvalue weighted by molar-refractivity contribution is 0.0951. The van der Waals surface area contributed by atoms with E-state index in [0.29, 0.717) is 5.69 Å². The lowest BCUT2D eigenvalue weighted by Gasteiger charge is -2.04. The van der Waals surface area contributed by atoms with Crippen molar-refractivity contribution in [1.29, 1.82) is 0 Å². The molecule has 2 aromatic rings. The average molecular weight is 273 g/mol. The minimum atomic E-state index is -0.0584. The predicted molar refractivity (Wildman–Crippen MR) is 74.6 cm³/mol. The van der Waals surface area contributed by atoms with Crippen LogP contribution in [-0.2, 0) is 25.8 Å². The summed E-state index contributed by atoms with van der Waals surface area (Å²) in [7, 11) is 0. The molecule has 0 atom stereocenters. The summed E-state index contributed by atoms with van der Waals surface area (Å²) in [5, 5.41) is 2.87. The van der Waals surface area contributed by atoms with Crippen molar-refractivity contribution in [3.8, 4) is 0 Å². The third-order valence-corrected chi connectivity index (χ3v) is 3.64. The molecular formula is C14H19N5O. The summed E-state index contributed by atoms with van der Waals surface area (Å²) >= 11 is 0. The second-order valence-electron chi connectivity index (χ2n) is 5.01. The van der Waals surface area contributed by atoms with Gasteiger partial charge in [-0.2, -0.15) is 0 Å². The lowest BCUT2D eigenvalue weighted by atomic mass is 10.2. The molecule has 6 nitrogen and oxygen atoms in total. The van der Waals surface area contributed by atoms with E-state index in [1.54, 1.807) is 0 Å². The minimum Gasteiger partial charge on any atom is -0.351 e. The van der Waals surface area contributed by atoms with Crippen molar-refractivity contribution >= 4 is 5.91 Å². The topological polar surface area (TPSA) is 75.6 Å². The summed E-state index contributed by atoms with van der Waals surface area (Å²) in [6, 6.07) is 0. The molecule has 0 saturated carbocycles. The van der Waals surface area contributed by atoms with Gasteiger partial charge in [0.25, 0.3) is 5.91 Å². The number of amides is 1. The van der Waals surface area contributed by atoms with Gasteiger partial charge in [-0.25, -0.2) is 9.97 Å². The summed E-state index contributed by atoms with van der Waals surface area (Å²) < 4.78 is 2.13. The van der Waals surface area contributed by atoms with Gasteiger partial charge < -0.3 is 14.9 Å². The Morgan fingerprint density at radius 3 is 3.20 bits per heavy atom. The third-order valence-electron chi connectivity index (χ3n) is 3.64. The Kier molecular flexibility index (Phi) is 3.54. The molecule has 6 heteroatoms. The van der Waals surface area contributed by atoms with Gasteiger partial charge in [-0.15, -0.1) is 0 Å². The smallest absolute Gasteiger partial charge is 0.271 e. The number of nitrogens with one attached hydrogen (secondary N) is 2. The molecule has 20 heavy (non-hydrogen) atoms. The number of aromatic nitrogens is 4. The van der Waals surface area contributed by atoms with Crippen LogP contribution < -0.4 is 5.32 Å². The molecule has 3 heterocycles. The van der Waals surface area contributed by atoms with E-state index < -0.39 is 0 Å². The first-order valence-corrected chi connectivity index (χ1v) is 7.14. The minimum absolute atomic E-state index is 0.0584. The monoisotopic (exact) mass is 273 g/mol. The number of carbonyl (C=O) groups is 1. The molecule has 2 N–H and O–H groups in total. The zero-order valence-corrected chi connectivity index (χ0v) is 11.6. The Hall–Kier alpha value is -2.11. The summed E-state index contributed by atoms with van der Waals surface area (Å²) in [5.74, 6) is 1.90. The Morgan fingerprint density at radius 2 is 2.35 bits per heavy atom. The maximum Gasteiger partial charge on any atom is 0.271 e. The number of rotatable bonds is 4. The highest BCUT2D eigenvalue weighted by atomic mass is 16.1. The van der Waals surface area contributed by atoms with E-state index in [4.69, 9.17) is 0 Å². The van der Waals surface area contributed by atoms with Crippen LogP contribution in [0.2, 0.25) is 0 Å². The van der Waals surface area contributed by atoms with Crippen LogP contribution in [0, 0.1) is 0 Å². The maximum absolute atomic E-state index is 11.8. The molecule has 1 aliphatic rings. The first kappa shape index (κ1) is 12.9. The number of H-pyrrole nitrogens is 1. The fraction of sp³-hybridized carbons (Fsp3) is 0.500. The van der Waals surface area contributed by atoms with Crippen molar-refractivity contribution in [2.24, 2.45) is 0 Å². The lowest BCUT2D eigenvalue weighted by Crippen LogP contribution is -2.23. The van der Waals surface area contributed by atoms with Gasteiger partial charge in [-0.3, -0.25) is 4.79 Å². The third kappa shape index (κ3) is 2.45. The van der Waals surface area contributed by atoms with Gasteiger partial charge in [0.2, 0.25) is 0 Å². The van der Waals surface area contributed by atoms with E-state index in [2.05, 4.69) is 31.8 Å². The summed E-state index contributed by atoms with van der Waals surface area (Å²) in [4.78, 5) is 23.9. The molecule has 1 aliphatic heterocycles. The van der Waals surface area contributed by atoms with Crippen molar-refractivity contribution in [2.45, 2.75) is 39.2 Å². The fourth-order valence-corrected chi connectivity index (χ4v) is 2.59. The van der Waals surface area contributed by atoms with Crippen LogP contribution in [0.15, 0.2) is 12.4 Å². The van der Waals surface area contributed by atoms with Gasteiger partial charge in [0.05, 0.1) is 0 Å². The Labute approximate surface area is 117 Å². The first-order valence-electron chi connectivity index (χ1n) is 7.14. The van der Waals surface area contributed by atoms with Gasteiger partial charge >= 0.3 is 0 Å². The molecule has 0 unspecified atom stereocenters. The highest BCUT2D eigenvalue weighted by Gasteiger charge is 2.19. The van der Waals surface area contributed by atoms with Crippen LogP contribution >= 0.6 is 0 Å². The van der Waals surface area contributed by atoms with Crippen molar-refractivity contribution in [2.75, 3.05) is 6.54 Å². The van der Waals surface area contributed by atoms with Gasteiger partial charge in [0, 0.05) is 44.0 Å². The summed E-state index contributed by atoms with van der Waals surface area (Å²) in [6.45, 7) is 3.66. The number of hydrogen-bond acceptors (Lipinski definition) is 3. The largest absolute Gasteiger partial charge is 0.351 e. The zero-order valence-electron chi connectivity index (χ0n) is 11.6. The van der Waals surface area contributed by atoms with Crippen LogP contribution in [-0.4, -0.2) is 32.0 Å². The number of carbonyl (C=O) groups excluding carboxylic acids is 1. The SMILES string of the molecule is CCc1nccn1CCc1nc2c([nH]1)CCCNC2=O. The predicted octanol–water partition coefficient (Wildman–Crippen LogP) is 1.09. The van der Waals surface area contributed by atoms with E-state index in [-0.39, 0.29) is 5.91 Å². The Balaban J connectivity index is 1.73. The van der Waals surface area contributed by atoms with Gasteiger partial charge in [0.1, 0.15) is 17.3 Å². The first-order chi connectivity index (χ1) is 9.78. The van der Waals surface area contributed by atoms with Crippen LogP contribution in [0.4, 0.5) is 0 Å². The van der Waals surface area contributed by atoms with Crippen LogP contribution in [0.3, 0.4) is 0 Å². The highest BCUT2D eigenvalue weighted by molar-refractivity contribution is 5.93. The molecule has 0 spiro atoms. The molecule has 0 aliphatic carbocycles. The van der Waals surface area contributed by atoms with Crippen LogP contribution in [0.25, 0.3) is 0 Å². The molecule has 1 amide bonds. The number of imidazole rings is 2. The van der Waals surface area contributed by atoms with E-state index in [1.165, 1.54) is 0 Å². The van der Waals surface area contributed by atoms with E-state index in [0.717, 1.165) is 56.1 Å². The summed E-state index contributed by atoms with van der Waals surface area (Å²) in [5.41, 5.74) is 1.54. The van der Waals surface area contributed by atoms with Crippen molar-refractivity contribution in [3.63, 3.8) is 0 Å². The molecule has 0 fully saturated rings. The second-order valence-corrected chi connectivity index (χ2v) is 5.01. The van der Waals surface area contributed by atoms with Gasteiger partial charge in [-0.1, -0.05) is 6.92 Å². The van der Waals surface area contributed by atoms with Gasteiger partial charge in [0.15, 0.2) is 0 Å². The molecule has 3 rings (SSSR count). The van der Waals surface area contributed by atoms with E-state index in [1.807, 2.05) is 12.4 Å². The molecule has 2 aromatic heterocycles. The van der Waals surface area contributed by atoms with Gasteiger partial charge in [-0.05, 0) is 12.8 Å². The number of nitrogens with zero attached hydrogens (tertiary/aromatic N) is 3. The number of aryl methyl sites for hydroxylation is 4. The summed E-state index contributed by atoms with van der Waals surface area (Å²) in [6.07, 6.45) is 7.35. The van der Waals surface area contributed by atoms with Crippen molar-refractivity contribution in [1.82, 2.24) is 24.8 Å². The molecular weight excluding hydrogens is 254 g/mol. The van der Waals surface area contributed by atoms with Crippen LogP contribution in [0.1, 0.15) is 41.2 Å². The molecule has 0 radical (unpaired) electrons. The second kappa shape index (κ2) is 5.48. The molecule has 0 saturated heterocycles. The van der Waals surface area contributed by atoms with Crippen LogP contribution in [0.5, 0.6) is 0 Å². The molecule has 106 valence electrons. The van der Waals surface area contributed by atoms with E-state index in [9.17, 15) is 4.79 Å². The maximum atomic E-state index is 11.8. The fourth-order valence-electron chi connectivity index (χ4n) is 2.59. The number of aromatic amines is 1. The molecule has 0 aromatic carbocycles. The van der Waals surface area contributed by atoms with Crippen molar-refractivity contribution in [3.05, 3.63) is 35.4 Å². The Bertz CT molecular complexity index is 613. The normalized spacial score (nSPS) is 14.8.